The lowest BCUT2D eigenvalue weighted by atomic mass is 9.87. The van der Waals surface area contributed by atoms with Gasteiger partial charge in [-0.25, -0.2) is 8.93 Å². The van der Waals surface area contributed by atoms with E-state index in [0.717, 1.165) is 33.6 Å². The maximum atomic E-state index is 10.8. The smallest absolute Gasteiger partial charge is 0.232 e. The van der Waals surface area contributed by atoms with Gasteiger partial charge >= 0.3 is 0 Å². The number of benzene rings is 2. The zero-order valence-electron chi connectivity index (χ0n) is 14.3. The van der Waals surface area contributed by atoms with Gasteiger partial charge in [0.1, 0.15) is 11.4 Å². The van der Waals surface area contributed by atoms with Crippen LogP contribution in [0.5, 0.6) is 5.75 Å². The van der Waals surface area contributed by atoms with Crippen LogP contribution in [0.2, 0.25) is 5.02 Å². The second kappa shape index (κ2) is 6.92. The van der Waals surface area contributed by atoms with Gasteiger partial charge in [0.05, 0.1) is 0 Å². The molecule has 0 aromatic heterocycles. The van der Waals surface area contributed by atoms with E-state index < -0.39 is 16.9 Å². The van der Waals surface area contributed by atoms with Gasteiger partial charge in [0.15, 0.2) is 0 Å². The van der Waals surface area contributed by atoms with Crippen LogP contribution < -0.4 is 9.46 Å². The van der Waals surface area contributed by atoms with Crippen LogP contribution in [0, 0.1) is 6.92 Å². The number of hydrogen-bond donors (Lipinski definition) is 2. The number of nitrogens with one attached hydrogen (secondary N) is 1. The fraction of sp³-hybridized carbons (Fsp3) is 0.263. The van der Waals surface area contributed by atoms with Crippen molar-refractivity contribution in [1.82, 2.24) is 4.72 Å². The predicted molar refractivity (Wildman–Crippen MR) is 102 cm³/mol. The van der Waals surface area contributed by atoms with Crippen molar-refractivity contribution in [1.29, 1.82) is 0 Å². The molecule has 6 heteroatoms. The molecule has 1 heterocycles. The molecule has 1 unspecified atom stereocenters. The molecule has 0 aliphatic carbocycles. The maximum absolute atomic E-state index is 10.8. The Kier molecular flexibility index (Phi) is 5.02. The van der Waals surface area contributed by atoms with Crippen molar-refractivity contribution in [2.24, 2.45) is 0 Å². The molecule has 1 aliphatic heterocycles. The molecule has 2 N–H and O–H groups in total. The number of ether oxygens (including phenoxy) is 1. The molecule has 2 aromatic rings. The van der Waals surface area contributed by atoms with Crippen LogP contribution in [0.4, 0.5) is 0 Å². The number of aryl methyl sites for hydroxylation is 1. The van der Waals surface area contributed by atoms with Crippen molar-refractivity contribution in [3.8, 4) is 5.75 Å². The molecule has 0 amide bonds. The predicted octanol–water partition coefficient (Wildman–Crippen LogP) is 4.48. The fourth-order valence-electron chi connectivity index (χ4n) is 3.02. The Labute approximate surface area is 155 Å². The van der Waals surface area contributed by atoms with Crippen molar-refractivity contribution < 1.29 is 13.5 Å². The van der Waals surface area contributed by atoms with E-state index in [0.29, 0.717) is 11.6 Å². The van der Waals surface area contributed by atoms with E-state index in [1.165, 1.54) is 0 Å². The van der Waals surface area contributed by atoms with Crippen LogP contribution >= 0.6 is 11.6 Å². The molecule has 25 heavy (non-hydrogen) atoms. The van der Waals surface area contributed by atoms with E-state index in [2.05, 4.69) is 10.8 Å². The topological polar surface area (TPSA) is 58.6 Å². The molecule has 132 valence electrons. The van der Waals surface area contributed by atoms with E-state index >= 15 is 0 Å². The van der Waals surface area contributed by atoms with Crippen molar-refractivity contribution >= 4 is 28.4 Å². The van der Waals surface area contributed by atoms with Gasteiger partial charge in [-0.05, 0) is 67.3 Å². The van der Waals surface area contributed by atoms with Crippen molar-refractivity contribution in [2.75, 3.05) is 0 Å². The number of halogens is 1. The largest absolute Gasteiger partial charge is 0.483 e. The van der Waals surface area contributed by atoms with Crippen LogP contribution in [-0.2, 0) is 17.8 Å². The lowest BCUT2D eigenvalue weighted by molar-refractivity contribution is 0.158. The van der Waals surface area contributed by atoms with Gasteiger partial charge < -0.3 is 4.74 Å². The summed E-state index contributed by atoms with van der Waals surface area (Å²) < 4.78 is 28.3. The summed E-state index contributed by atoms with van der Waals surface area (Å²) in [4.78, 5) is 0. The Balaban J connectivity index is 2.06. The molecule has 0 spiro atoms. The third-order valence-corrected chi connectivity index (χ3v) is 4.71. The average molecular weight is 378 g/mol. The van der Waals surface area contributed by atoms with Crippen LogP contribution in [0.25, 0.3) is 5.57 Å². The number of hydrogen-bond acceptors (Lipinski definition) is 2. The summed E-state index contributed by atoms with van der Waals surface area (Å²) in [6.07, 6.45) is 2.12. The van der Waals surface area contributed by atoms with Gasteiger partial charge in [-0.3, -0.25) is 4.55 Å². The van der Waals surface area contributed by atoms with E-state index in [1.807, 2.05) is 57.2 Å². The second-order valence-corrected chi connectivity index (χ2v) is 7.85. The highest BCUT2D eigenvalue weighted by molar-refractivity contribution is 7.77. The van der Waals surface area contributed by atoms with Crippen molar-refractivity contribution in [3.63, 3.8) is 0 Å². The van der Waals surface area contributed by atoms with Gasteiger partial charge in [-0.15, -0.1) is 0 Å². The highest BCUT2D eigenvalue weighted by atomic mass is 35.5. The minimum Gasteiger partial charge on any atom is -0.483 e. The van der Waals surface area contributed by atoms with Crippen LogP contribution in [0.3, 0.4) is 0 Å². The molecule has 0 saturated carbocycles. The molecular weight excluding hydrogens is 358 g/mol. The molecular formula is C19H20ClNO3S. The molecule has 0 bridgehead atoms. The zero-order chi connectivity index (χ0) is 18.2. The van der Waals surface area contributed by atoms with E-state index in [9.17, 15) is 4.21 Å². The monoisotopic (exact) mass is 377 g/mol. The Hall–Kier alpha value is -1.66. The first-order valence-electron chi connectivity index (χ1n) is 7.91. The summed E-state index contributed by atoms with van der Waals surface area (Å²) in [5.74, 6) is 0.764. The van der Waals surface area contributed by atoms with Gasteiger partial charge in [0.2, 0.25) is 11.3 Å². The quantitative estimate of drug-likeness (QED) is 0.772. The summed E-state index contributed by atoms with van der Waals surface area (Å²) in [7, 11) is 0. The van der Waals surface area contributed by atoms with Crippen LogP contribution in [0.1, 0.15) is 36.1 Å². The maximum Gasteiger partial charge on any atom is 0.232 e. The zero-order valence-corrected chi connectivity index (χ0v) is 15.9. The van der Waals surface area contributed by atoms with E-state index in [-0.39, 0.29) is 0 Å². The molecule has 3 rings (SSSR count). The lowest BCUT2D eigenvalue weighted by Gasteiger charge is -2.32. The van der Waals surface area contributed by atoms with Crippen LogP contribution in [0.15, 0.2) is 42.5 Å². The number of rotatable bonds is 4. The fourth-order valence-corrected chi connectivity index (χ4v) is 3.54. The normalized spacial score (nSPS) is 16.6. The summed E-state index contributed by atoms with van der Waals surface area (Å²) in [5.41, 5.74) is 4.74. The van der Waals surface area contributed by atoms with Gasteiger partial charge in [-0.1, -0.05) is 29.8 Å². The molecule has 4 nitrogen and oxygen atoms in total. The van der Waals surface area contributed by atoms with Crippen LogP contribution in [-0.4, -0.2) is 14.4 Å². The lowest BCUT2D eigenvalue weighted by Crippen LogP contribution is -2.29. The first kappa shape index (κ1) is 18.1. The number of fused-ring (bicyclic) bond motifs is 1. The highest BCUT2D eigenvalue weighted by Crippen LogP contribution is 2.41. The summed E-state index contributed by atoms with van der Waals surface area (Å²) in [6, 6.07) is 11.7. The third-order valence-electron chi connectivity index (χ3n) is 4.08. The van der Waals surface area contributed by atoms with Crippen molar-refractivity contribution in [2.45, 2.75) is 32.9 Å². The van der Waals surface area contributed by atoms with E-state index in [1.54, 1.807) is 0 Å². The first-order valence-corrected chi connectivity index (χ1v) is 9.40. The van der Waals surface area contributed by atoms with Gasteiger partial charge in [-0.2, -0.15) is 0 Å². The Morgan fingerprint density at radius 1 is 1.20 bits per heavy atom. The third kappa shape index (κ3) is 4.12. The average Bonchev–Trinajstić information content (AvgIpc) is 2.51. The molecule has 0 saturated heterocycles. The summed E-state index contributed by atoms with van der Waals surface area (Å²) in [6.45, 7) is 6.35. The molecule has 1 atom stereocenters. The second-order valence-electron chi connectivity index (χ2n) is 6.62. The highest BCUT2D eigenvalue weighted by Gasteiger charge is 2.28. The summed E-state index contributed by atoms with van der Waals surface area (Å²) >= 11 is 4.06. The molecule has 0 fully saturated rings. The minimum atomic E-state index is -2.04. The Morgan fingerprint density at radius 3 is 2.60 bits per heavy atom. The standard InChI is InChI=1S/C19H20ClNO3S/c1-12-8-14(20)5-7-15(12)17-10-19(2,3)24-18-9-13(4-6-16(17)18)11-21-25(22)23/h4-10,21H,11H2,1-3H3,(H,22,23). The molecule has 0 radical (unpaired) electrons. The minimum absolute atomic E-state index is 0.291. The molecule has 1 aliphatic rings. The first-order chi connectivity index (χ1) is 11.7. The Bertz CT molecular complexity index is 877. The van der Waals surface area contributed by atoms with Crippen molar-refractivity contribution in [3.05, 3.63) is 69.8 Å². The summed E-state index contributed by atoms with van der Waals surface area (Å²) in [5, 5.41) is 0.715. The van der Waals surface area contributed by atoms with Gasteiger partial charge in [0, 0.05) is 17.1 Å². The van der Waals surface area contributed by atoms with Gasteiger partial charge in [0.25, 0.3) is 0 Å². The molecule has 2 aromatic carbocycles. The Morgan fingerprint density at radius 2 is 1.92 bits per heavy atom. The van der Waals surface area contributed by atoms with E-state index in [4.69, 9.17) is 20.9 Å². The SMILES string of the molecule is Cc1cc(Cl)ccc1C1=CC(C)(C)Oc2cc(CNS(=O)O)ccc21.